The lowest BCUT2D eigenvalue weighted by atomic mass is 9.82. The van der Waals surface area contributed by atoms with Crippen LogP contribution in [0.25, 0.3) is 11.1 Å². The van der Waals surface area contributed by atoms with Crippen molar-refractivity contribution in [3.63, 3.8) is 0 Å². The van der Waals surface area contributed by atoms with Crippen LogP contribution in [0.15, 0.2) is 60.8 Å². The van der Waals surface area contributed by atoms with Crippen molar-refractivity contribution in [1.82, 2.24) is 4.98 Å². The number of nitrogens with zero attached hydrogens (tertiary/aromatic N) is 1. The molecule has 0 radical (unpaired) electrons. The number of carboxylic acids is 1. The molecule has 2 atom stereocenters. The van der Waals surface area contributed by atoms with E-state index in [4.69, 9.17) is 28.3 Å². The summed E-state index contributed by atoms with van der Waals surface area (Å²) >= 11 is 12.2. The number of carboxylic acid groups (broad SMARTS) is 1. The highest BCUT2D eigenvalue weighted by molar-refractivity contribution is 6.31. The average molecular weight is 454 g/mol. The fraction of sp³-hybridized carbons (Fsp3) is 0.182. The van der Waals surface area contributed by atoms with Crippen molar-refractivity contribution in [2.24, 2.45) is 0 Å². The molecule has 0 saturated carbocycles. The molecular formula is C22H16Cl2F3NO2. The topological polar surface area (TPSA) is 50.2 Å². The molecule has 1 heterocycles. The summed E-state index contributed by atoms with van der Waals surface area (Å²) in [5.41, 5.74) is 1.64. The van der Waals surface area contributed by atoms with Crippen LogP contribution in [0.1, 0.15) is 40.2 Å². The molecule has 1 N–H and O–H groups in total. The first-order valence-corrected chi connectivity index (χ1v) is 9.65. The Bertz CT molecular complexity index is 1090. The van der Waals surface area contributed by atoms with Crippen molar-refractivity contribution < 1.29 is 23.1 Å². The van der Waals surface area contributed by atoms with Crippen molar-refractivity contribution in [3.8, 4) is 11.1 Å². The first-order valence-electron chi connectivity index (χ1n) is 8.89. The predicted molar refractivity (Wildman–Crippen MR) is 110 cm³/mol. The highest BCUT2D eigenvalue weighted by Crippen LogP contribution is 2.46. The van der Waals surface area contributed by atoms with Crippen molar-refractivity contribution in [1.29, 1.82) is 0 Å². The second-order valence-electron chi connectivity index (χ2n) is 6.84. The number of benzene rings is 2. The molecule has 0 aliphatic rings. The van der Waals surface area contributed by atoms with E-state index in [1.165, 1.54) is 43.5 Å². The van der Waals surface area contributed by atoms with Gasteiger partial charge >= 0.3 is 12.1 Å². The minimum absolute atomic E-state index is 0.00398. The Balaban J connectivity index is 2.00. The van der Waals surface area contributed by atoms with Gasteiger partial charge in [-0.3, -0.25) is 0 Å². The molecule has 2 unspecified atom stereocenters. The van der Waals surface area contributed by atoms with Crippen LogP contribution in [0.4, 0.5) is 13.2 Å². The molecule has 3 rings (SSSR count). The van der Waals surface area contributed by atoms with Crippen LogP contribution in [0.3, 0.4) is 0 Å². The van der Waals surface area contributed by atoms with E-state index in [-0.39, 0.29) is 21.3 Å². The van der Waals surface area contributed by atoms with Gasteiger partial charge in [0.25, 0.3) is 0 Å². The lowest BCUT2D eigenvalue weighted by molar-refractivity contribution is -0.154. The number of carbonyl (C=O) groups is 1. The van der Waals surface area contributed by atoms with Crippen LogP contribution in [0.2, 0.25) is 10.2 Å². The molecule has 0 bridgehead atoms. The maximum atomic E-state index is 13.9. The van der Waals surface area contributed by atoms with Crippen LogP contribution >= 0.6 is 23.2 Å². The Morgan fingerprint density at radius 2 is 1.73 bits per heavy atom. The highest BCUT2D eigenvalue weighted by Gasteiger charge is 2.45. The molecule has 0 saturated heterocycles. The second-order valence-corrected chi connectivity index (χ2v) is 7.64. The Labute approximate surface area is 181 Å². The SMILES string of the molecule is CC(c1ccc(-c2cccc(C(=O)O)c2)cc1Cl)C(c1ccnc(Cl)c1)C(F)(F)F. The number of hydrogen-bond donors (Lipinski definition) is 1. The highest BCUT2D eigenvalue weighted by atomic mass is 35.5. The molecule has 0 aliphatic heterocycles. The molecule has 30 heavy (non-hydrogen) atoms. The Morgan fingerprint density at radius 3 is 2.33 bits per heavy atom. The van der Waals surface area contributed by atoms with E-state index in [0.29, 0.717) is 16.7 Å². The number of rotatable bonds is 5. The molecule has 3 aromatic rings. The molecule has 0 fully saturated rings. The maximum Gasteiger partial charge on any atom is 0.396 e. The summed E-state index contributed by atoms with van der Waals surface area (Å²) in [6.07, 6.45) is -3.29. The molecule has 156 valence electrons. The molecule has 0 amide bonds. The summed E-state index contributed by atoms with van der Waals surface area (Å²) in [5.74, 6) is -3.88. The third-order valence-corrected chi connectivity index (χ3v) is 5.43. The maximum absolute atomic E-state index is 13.9. The average Bonchev–Trinajstić information content (AvgIpc) is 2.67. The third kappa shape index (κ3) is 4.77. The first-order chi connectivity index (χ1) is 14.1. The minimum Gasteiger partial charge on any atom is -0.478 e. The third-order valence-electron chi connectivity index (χ3n) is 4.90. The first kappa shape index (κ1) is 22.1. The molecule has 3 nitrogen and oxygen atoms in total. The smallest absolute Gasteiger partial charge is 0.396 e. The van der Waals surface area contributed by atoms with E-state index >= 15 is 0 Å². The van der Waals surface area contributed by atoms with Gasteiger partial charge in [-0.05, 0) is 58.5 Å². The molecule has 0 aliphatic carbocycles. The minimum atomic E-state index is -4.53. The van der Waals surface area contributed by atoms with Crippen LogP contribution in [-0.2, 0) is 0 Å². The Hall–Kier alpha value is -2.57. The van der Waals surface area contributed by atoms with Crippen LogP contribution in [0.5, 0.6) is 0 Å². The van der Waals surface area contributed by atoms with E-state index < -0.39 is 24.0 Å². The van der Waals surface area contributed by atoms with Gasteiger partial charge in [0.2, 0.25) is 0 Å². The lowest BCUT2D eigenvalue weighted by Crippen LogP contribution is -2.26. The van der Waals surface area contributed by atoms with E-state index in [1.807, 2.05) is 0 Å². The molecule has 1 aromatic heterocycles. The number of aromatic carboxylic acids is 1. The molecule has 8 heteroatoms. The summed E-state index contributed by atoms with van der Waals surface area (Å²) in [4.78, 5) is 14.9. The van der Waals surface area contributed by atoms with Crippen molar-refractivity contribution in [2.45, 2.75) is 24.9 Å². The standard InChI is InChI=1S/C22H16Cl2F3NO2/c1-12(20(22(25,26)27)15-7-8-28-19(24)11-15)17-6-5-14(10-18(17)23)13-3-2-4-16(9-13)21(29)30/h2-12,20H,1H3,(H,29,30). The van der Waals surface area contributed by atoms with Gasteiger partial charge in [0.15, 0.2) is 0 Å². The van der Waals surface area contributed by atoms with Gasteiger partial charge in [0.05, 0.1) is 11.5 Å². The fourth-order valence-corrected chi connectivity index (χ4v) is 3.99. The second kappa shape index (κ2) is 8.66. The monoisotopic (exact) mass is 453 g/mol. The molecule has 2 aromatic carbocycles. The fourth-order valence-electron chi connectivity index (χ4n) is 3.46. The number of aromatic nitrogens is 1. The van der Waals surface area contributed by atoms with E-state index in [1.54, 1.807) is 24.3 Å². The van der Waals surface area contributed by atoms with Gasteiger partial charge in [0.1, 0.15) is 5.15 Å². The van der Waals surface area contributed by atoms with Crippen LogP contribution in [-0.4, -0.2) is 22.2 Å². The van der Waals surface area contributed by atoms with Gasteiger partial charge in [0, 0.05) is 11.2 Å². The number of alkyl halides is 3. The molecule has 0 spiro atoms. The number of pyridine rings is 1. The van der Waals surface area contributed by atoms with Gasteiger partial charge in [-0.15, -0.1) is 0 Å². The lowest BCUT2D eigenvalue weighted by Gasteiger charge is -2.28. The zero-order valence-electron chi connectivity index (χ0n) is 15.6. The van der Waals surface area contributed by atoms with Crippen molar-refractivity contribution >= 4 is 29.2 Å². The van der Waals surface area contributed by atoms with Gasteiger partial charge < -0.3 is 5.11 Å². The summed E-state index contributed by atoms with van der Waals surface area (Å²) in [6, 6.07) is 13.4. The summed E-state index contributed by atoms with van der Waals surface area (Å²) in [6.45, 7) is 1.46. The Morgan fingerprint density at radius 1 is 1.03 bits per heavy atom. The van der Waals surface area contributed by atoms with Crippen LogP contribution in [0, 0.1) is 0 Å². The summed E-state index contributed by atoms with van der Waals surface area (Å²) in [7, 11) is 0. The summed E-state index contributed by atoms with van der Waals surface area (Å²) in [5, 5.41) is 9.29. The number of halogens is 5. The largest absolute Gasteiger partial charge is 0.478 e. The van der Waals surface area contributed by atoms with Gasteiger partial charge in [-0.2, -0.15) is 13.2 Å². The quantitative estimate of drug-likeness (QED) is 0.415. The van der Waals surface area contributed by atoms with Gasteiger partial charge in [-0.1, -0.05) is 54.4 Å². The van der Waals surface area contributed by atoms with Crippen molar-refractivity contribution in [2.75, 3.05) is 0 Å². The normalized spacial score (nSPS) is 13.7. The van der Waals surface area contributed by atoms with Crippen LogP contribution < -0.4 is 0 Å². The van der Waals surface area contributed by atoms with E-state index in [2.05, 4.69) is 4.98 Å². The molecular weight excluding hydrogens is 438 g/mol. The zero-order chi connectivity index (χ0) is 22.1. The number of hydrogen-bond acceptors (Lipinski definition) is 2. The predicted octanol–water partition coefficient (Wildman–Crippen LogP) is 7.20. The van der Waals surface area contributed by atoms with Gasteiger partial charge in [-0.25, -0.2) is 9.78 Å². The van der Waals surface area contributed by atoms with Crippen molar-refractivity contribution in [3.05, 3.63) is 87.7 Å². The zero-order valence-corrected chi connectivity index (χ0v) is 17.1. The van der Waals surface area contributed by atoms with E-state index in [0.717, 1.165) is 0 Å². The van der Waals surface area contributed by atoms with E-state index in [9.17, 15) is 18.0 Å². The Kier molecular flexibility index (Phi) is 6.38. The summed E-state index contributed by atoms with van der Waals surface area (Å²) < 4.78 is 41.7.